The van der Waals surface area contributed by atoms with Gasteiger partial charge in [-0.15, -0.1) is 11.3 Å². The molecule has 2 aromatic rings. The van der Waals surface area contributed by atoms with E-state index in [0.29, 0.717) is 29.0 Å². The Bertz CT molecular complexity index is 1260. The van der Waals surface area contributed by atoms with Crippen LogP contribution in [0.3, 0.4) is 0 Å². The average Bonchev–Trinajstić information content (AvgIpc) is 3.28. The molecule has 4 rings (SSSR count). The molecule has 7 nitrogen and oxygen atoms in total. The van der Waals surface area contributed by atoms with Gasteiger partial charge in [0.05, 0.1) is 31.8 Å². The molecule has 36 heavy (non-hydrogen) atoms. The lowest BCUT2D eigenvalue weighted by atomic mass is 9.68. The first-order chi connectivity index (χ1) is 17.3. The minimum Gasteiger partial charge on any atom is -0.497 e. The van der Waals surface area contributed by atoms with Crippen LogP contribution in [0, 0.1) is 12.8 Å². The molecule has 0 saturated carbocycles. The zero-order chi connectivity index (χ0) is 26.0. The summed E-state index contributed by atoms with van der Waals surface area (Å²) in [4.78, 5) is 41.5. The van der Waals surface area contributed by atoms with Gasteiger partial charge in [-0.3, -0.25) is 9.59 Å². The van der Waals surface area contributed by atoms with Crippen LogP contribution in [0.1, 0.15) is 55.0 Å². The molecule has 1 aliphatic carbocycles. The monoisotopic (exact) mass is 509 g/mol. The SMILES string of the molecule is CCOC(=O)C1=C(C)NC2=C(C(=O)[C@@H](C(=O)OCC)[C@H](c3cccc(OC)c3)C2)[C@@H]1c1sccc1C. The Morgan fingerprint density at radius 3 is 2.50 bits per heavy atom. The summed E-state index contributed by atoms with van der Waals surface area (Å²) in [6, 6.07) is 9.39. The van der Waals surface area contributed by atoms with Crippen LogP contribution in [-0.2, 0) is 23.9 Å². The smallest absolute Gasteiger partial charge is 0.336 e. The molecule has 0 fully saturated rings. The number of ether oxygens (including phenoxy) is 3. The van der Waals surface area contributed by atoms with Gasteiger partial charge in [-0.25, -0.2) is 4.79 Å². The van der Waals surface area contributed by atoms with E-state index < -0.39 is 29.7 Å². The Morgan fingerprint density at radius 1 is 1.11 bits per heavy atom. The largest absolute Gasteiger partial charge is 0.497 e. The highest BCUT2D eigenvalue weighted by molar-refractivity contribution is 7.10. The number of hydrogen-bond acceptors (Lipinski definition) is 8. The van der Waals surface area contributed by atoms with Crippen molar-refractivity contribution < 1.29 is 28.6 Å². The molecule has 0 amide bonds. The summed E-state index contributed by atoms with van der Waals surface area (Å²) < 4.78 is 16.2. The van der Waals surface area contributed by atoms with Crippen LogP contribution in [0.5, 0.6) is 5.75 Å². The van der Waals surface area contributed by atoms with Gasteiger partial charge in [-0.05, 0) is 68.8 Å². The Labute approximate surface area is 215 Å². The van der Waals surface area contributed by atoms with E-state index in [1.54, 1.807) is 21.0 Å². The van der Waals surface area contributed by atoms with Crippen molar-refractivity contribution in [2.75, 3.05) is 20.3 Å². The maximum atomic E-state index is 14.3. The van der Waals surface area contributed by atoms with E-state index in [-0.39, 0.29) is 19.0 Å². The molecule has 0 unspecified atom stereocenters. The van der Waals surface area contributed by atoms with E-state index in [4.69, 9.17) is 14.2 Å². The van der Waals surface area contributed by atoms with Crippen LogP contribution < -0.4 is 10.1 Å². The van der Waals surface area contributed by atoms with Crippen molar-refractivity contribution in [3.8, 4) is 5.75 Å². The van der Waals surface area contributed by atoms with Crippen LogP contribution >= 0.6 is 11.3 Å². The molecular formula is C28H31NO6S. The fraction of sp³-hybridized carbons (Fsp3) is 0.393. The van der Waals surface area contributed by atoms with Crippen LogP contribution in [0.15, 0.2) is 58.3 Å². The first-order valence-corrected chi connectivity index (χ1v) is 13.0. The lowest BCUT2D eigenvalue weighted by Crippen LogP contribution is -2.43. The number of rotatable bonds is 7. The second-order valence-electron chi connectivity index (χ2n) is 8.86. The minimum atomic E-state index is -1.04. The number of Topliss-reactive ketones (excluding diaryl/α,β-unsaturated/α-hetero) is 1. The molecule has 2 aliphatic rings. The number of carbonyl (C=O) groups is 3. The second-order valence-corrected chi connectivity index (χ2v) is 9.81. The number of carbonyl (C=O) groups excluding carboxylic acids is 3. The van der Waals surface area contributed by atoms with Gasteiger partial charge in [0.1, 0.15) is 11.7 Å². The van der Waals surface area contributed by atoms with E-state index in [9.17, 15) is 14.4 Å². The summed E-state index contributed by atoms with van der Waals surface area (Å²) in [6.45, 7) is 7.64. The Hall–Kier alpha value is -3.39. The third kappa shape index (κ3) is 4.57. The molecule has 3 atom stereocenters. The van der Waals surface area contributed by atoms with Gasteiger partial charge >= 0.3 is 11.9 Å². The topological polar surface area (TPSA) is 90.9 Å². The first-order valence-electron chi connectivity index (χ1n) is 12.1. The van der Waals surface area contributed by atoms with Gasteiger partial charge in [0, 0.05) is 27.8 Å². The predicted octanol–water partition coefficient (Wildman–Crippen LogP) is 4.78. The molecule has 1 N–H and O–H groups in total. The van der Waals surface area contributed by atoms with Gasteiger partial charge in [0.15, 0.2) is 5.78 Å². The number of nitrogens with one attached hydrogen (secondary N) is 1. The number of thiophene rings is 1. The summed E-state index contributed by atoms with van der Waals surface area (Å²) >= 11 is 1.49. The van der Waals surface area contributed by atoms with Crippen molar-refractivity contribution in [1.29, 1.82) is 0 Å². The Balaban J connectivity index is 1.89. The summed E-state index contributed by atoms with van der Waals surface area (Å²) in [5.74, 6) is -2.82. The maximum absolute atomic E-state index is 14.3. The van der Waals surface area contributed by atoms with E-state index in [2.05, 4.69) is 5.32 Å². The summed E-state index contributed by atoms with van der Waals surface area (Å²) in [5, 5.41) is 5.27. The van der Waals surface area contributed by atoms with Gasteiger partial charge in [-0.1, -0.05) is 12.1 Å². The summed E-state index contributed by atoms with van der Waals surface area (Å²) in [6.07, 6.45) is 0.409. The summed E-state index contributed by atoms with van der Waals surface area (Å²) in [5.41, 5.74) is 4.00. The van der Waals surface area contributed by atoms with Crippen molar-refractivity contribution in [1.82, 2.24) is 5.32 Å². The number of ketones is 1. The third-order valence-corrected chi connectivity index (χ3v) is 7.82. The molecule has 0 radical (unpaired) electrons. The summed E-state index contributed by atoms with van der Waals surface area (Å²) in [7, 11) is 1.58. The number of esters is 2. The van der Waals surface area contributed by atoms with Crippen LogP contribution in [-0.4, -0.2) is 38.0 Å². The van der Waals surface area contributed by atoms with Crippen molar-refractivity contribution in [2.45, 2.75) is 46.0 Å². The first kappa shape index (κ1) is 25.7. The fourth-order valence-electron chi connectivity index (χ4n) is 5.14. The maximum Gasteiger partial charge on any atom is 0.336 e. The normalized spacial score (nSPS) is 21.6. The second kappa shape index (κ2) is 10.7. The lowest BCUT2D eigenvalue weighted by Gasteiger charge is -2.39. The predicted molar refractivity (Wildman–Crippen MR) is 137 cm³/mol. The van der Waals surface area contributed by atoms with Crippen LogP contribution in [0.4, 0.5) is 0 Å². The average molecular weight is 510 g/mol. The highest BCUT2D eigenvalue weighted by atomic mass is 32.1. The fourth-order valence-corrected chi connectivity index (χ4v) is 6.19. The van der Waals surface area contributed by atoms with Gasteiger partial charge < -0.3 is 19.5 Å². The van der Waals surface area contributed by atoms with E-state index in [0.717, 1.165) is 21.7 Å². The molecule has 1 aromatic heterocycles. The molecule has 0 spiro atoms. The van der Waals surface area contributed by atoms with Gasteiger partial charge in [0.25, 0.3) is 0 Å². The highest BCUT2D eigenvalue weighted by Crippen LogP contribution is 2.49. The Morgan fingerprint density at radius 2 is 1.86 bits per heavy atom. The van der Waals surface area contributed by atoms with E-state index in [1.165, 1.54) is 11.3 Å². The molecule has 190 valence electrons. The third-order valence-electron chi connectivity index (χ3n) is 6.74. The number of hydrogen-bond donors (Lipinski definition) is 1. The van der Waals surface area contributed by atoms with Crippen LogP contribution in [0.25, 0.3) is 0 Å². The number of methoxy groups -OCH3 is 1. The molecular weight excluding hydrogens is 478 g/mol. The standard InChI is InChI=1S/C28H31NO6S/c1-6-34-27(31)21-16(4)29-20-14-19(17-9-8-10-18(13-17)33-5)22(28(32)35-7-2)25(30)23(20)24(21)26-15(3)11-12-36-26/h8-13,19,22,24,29H,6-7,14H2,1-5H3/t19-,22-,24+/m0/s1. The van der Waals surface area contributed by atoms with Gasteiger partial charge in [0.2, 0.25) is 0 Å². The molecule has 0 bridgehead atoms. The van der Waals surface area contributed by atoms with E-state index >= 15 is 0 Å². The highest BCUT2D eigenvalue weighted by Gasteiger charge is 2.49. The van der Waals surface area contributed by atoms with Crippen molar-refractivity contribution in [3.05, 3.63) is 74.3 Å². The zero-order valence-electron chi connectivity index (χ0n) is 21.2. The number of dihydropyridines is 1. The van der Waals surface area contributed by atoms with Crippen LogP contribution in [0.2, 0.25) is 0 Å². The van der Waals surface area contributed by atoms with Crippen molar-refractivity contribution >= 4 is 29.1 Å². The molecule has 1 aliphatic heterocycles. The van der Waals surface area contributed by atoms with Crippen molar-refractivity contribution in [2.24, 2.45) is 5.92 Å². The zero-order valence-corrected chi connectivity index (χ0v) is 22.0. The number of benzene rings is 1. The molecule has 1 aromatic carbocycles. The number of aryl methyl sites for hydroxylation is 1. The van der Waals surface area contributed by atoms with Crippen molar-refractivity contribution in [3.63, 3.8) is 0 Å². The molecule has 0 saturated heterocycles. The quantitative estimate of drug-likeness (QED) is 0.424. The molecule has 8 heteroatoms. The minimum absolute atomic E-state index is 0.165. The van der Waals surface area contributed by atoms with Gasteiger partial charge in [-0.2, -0.15) is 0 Å². The lowest BCUT2D eigenvalue weighted by molar-refractivity contribution is -0.152. The van der Waals surface area contributed by atoms with E-state index in [1.807, 2.05) is 49.6 Å². The number of allylic oxidation sites excluding steroid dienone is 3. The Kier molecular flexibility index (Phi) is 7.64. The molecule has 2 heterocycles.